The van der Waals surface area contributed by atoms with Gasteiger partial charge in [0.1, 0.15) is 5.82 Å². The number of aryl methyl sites for hydroxylation is 2. The van der Waals surface area contributed by atoms with E-state index in [0.29, 0.717) is 38.8 Å². The molecule has 2 N–H and O–H groups in total. The lowest BCUT2D eigenvalue weighted by molar-refractivity contribution is 0.262. The van der Waals surface area contributed by atoms with E-state index in [9.17, 15) is 9.59 Å². The molecule has 156 valence electrons. The Morgan fingerprint density at radius 3 is 2.45 bits per heavy atom. The number of hydrogen-bond donors (Lipinski definition) is 2. The molecule has 2 amide bonds. The van der Waals surface area contributed by atoms with Crippen LogP contribution in [-0.4, -0.2) is 15.6 Å². The van der Waals surface area contributed by atoms with Crippen LogP contribution in [0.3, 0.4) is 0 Å². The summed E-state index contributed by atoms with van der Waals surface area (Å²) < 4.78 is 1.58. The normalized spacial score (nSPS) is 10.8. The fraction of sp³-hybridized carbons (Fsp3) is 0.125. The molecule has 7 heteroatoms. The Balaban J connectivity index is 1.62. The van der Waals surface area contributed by atoms with Crippen LogP contribution in [-0.2, 0) is 0 Å². The van der Waals surface area contributed by atoms with Crippen LogP contribution >= 0.6 is 11.6 Å². The summed E-state index contributed by atoms with van der Waals surface area (Å²) >= 11 is 6.12. The molecule has 4 aromatic rings. The zero-order valence-electron chi connectivity index (χ0n) is 17.4. The van der Waals surface area contributed by atoms with E-state index in [-0.39, 0.29) is 11.6 Å². The predicted molar refractivity (Wildman–Crippen MR) is 126 cm³/mol. The quantitative estimate of drug-likeness (QED) is 0.442. The Bertz CT molecular complexity index is 1380. The molecule has 0 aliphatic rings. The van der Waals surface area contributed by atoms with Gasteiger partial charge < -0.3 is 10.6 Å². The lowest BCUT2D eigenvalue weighted by Crippen LogP contribution is -2.23. The van der Waals surface area contributed by atoms with Crippen LogP contribution in [0.25, 0.3) is 16.6 Å². The van der Waals surface area contributed by atoms with E-state index in [0.717, 1.165) is 11.1 Å². The number of fused-ring (bicyclic) bond motifs is 1. The Morgan fingerprint density at radius 1 is 0.935 bits per heavy atom. The molecule has 0 saturated carbocycles. The molecule has 0 atom stereocenters. The fourth-order valence-corrected chi connectivity index (χ4v) is 3.67. The van der Waals surface area contributed by atoms with Crippen molar-refractivity contribution in [2.45, 2.75) is 20.8 Å². The molecule has 0 fully saturated rings. The number of benzene rings is 3. The number of amides is 2. The van der Waals surface area contributed by atoms with Gasteiger partial charge in [-0.3, -0.25) is 9.36 Å². The van der Waals surface area contributed by atoms with Crippen LogP contribution in [0.1, 0.15) is 17.0 Å². The highest BCUT2D eigenvalue weighted by atomic mass is 35.5. The number of aromatic nitrogens is 2. The lowest BCUT2D eigenvalue weighted by Gasteiger charge is -2.15. The highest BCUT2D eigenvalue weighted by Crippen LogP contribution is 2.24. The van der Waals surface area contributed by atoms with Crippen molar-refractivity contribution in [2.24, 2.45) is 0 Å². The average molecular weight is 433 g/mol. The van der Waals surface area contributed by atoms with Gasteiger partial charge in [0.15, 0.2) is 0 Å². The highest BCUT2D eigenvalue weighted by Gasteiger charge is 2.12. The molecule has 6 nitrogen and oxygen atoms in total. The first-order valence-corrected chi connectivity index (χ1v) is 10.2. The zero-order chi connectivity index (χ0) is 22.1. The van der Waals surface area contributed by atoms with E-state index in [1.807, 2.05) is 38.1 Å². The second kappa shape index (κ2) is 8.24. The molecule has 3 aromatic carbocycles. The number of carbonyl (C=O) groups is 1. The first-order valence-electron chi connectivity index (χ1n) is 9.77. The van der Waals surface area contributed by atoms with Crippen LogP contribution in [0.4, 0.5) is 16.2 Å². The lowest BCUT2D eigenvalue weighted by atomic mass is 10.1. The minimum Gasteiger partial charge on any atom is -0.307 e. The number of nitrogens with zero attached hydrogens (tertiary/aromatic N) is 2. The molecule has 0 saturated heterocycles. The minimum absolute atomic E-state index is 0.127. The first kappa shape index (κ1) is 20.6. The predicted octanol–water partition coefficient (Wildman–Crippen LogP) is 5.61. The summed E-state index contributed by atoms with van der Waals surface area (Å²) in [6.07, 6.45) is 0. The maximum atomic E-state index is 13.0. The van der Waals surface area contributed by atoms with E-state index >= 15 is 0 Å². The largest absolute Gasteiger partial charge is 0.323 e. The summed E-state index contributed by atoms with van der Waals surface area (Å²) in [7, 11) is 0. The van der Waals surface area contributed by atoms with Gasteiger partial charge in [0, 0.05) is 16.4 Å². The number of rotatable bonds is 3. The number of halogens is 1. The molecule has 0 spiro atoms. The van der Waals surface area contributed by atoms with Gasteiger partial charge in [-0.05, 0) is 74.4 Å². The molecule has 0 aliphatic carbocycles. The Kier molecular flexibility index (Phi) is 5.48. The average Bonchev–Trinajstić information content (AvgIpc) is 2.73. The van der Waals surface area contributed by atoms with Crippen LogP contribution in [0.5, 0.6) is 0 Å². The van der Waals surface area contributed by atoms with Gasteiger partial charge >= 0.3 is 6.03 Å². The summed E-state index contributed by atoms with van der Waals surface area (Å²) in [5.74, 6) is 0.595. The van der Waals surface area contributed by atoms with E-state index < -0.39 is 0 Å². The van der Waals surface area contributed by atoms with Crippen LogP contribution in [0.15, 0.2) is 65.5 Å². The van der Waals surface area contributed by atoms with Gasteiger partial charge in [0.25, 0.3) is 5.56 Å². The van der Waals surface area contributed by atoms with Crippen molar-refractivity contribution < 1.29 is 4.79 Å². The van der Waals surface area contributed by atoms with Crippen LogP contribution in [0, 0.1) is 20.8 Å². The molecule has 0 aliphatic heterocycles. The van der Waals surface area contributed by atoms with Crippen molar-refractivity contribution in [1.29, 1.82) is 0 Å². The number of anilines is 2. The van der Waals surface area contributed by atoms with Gasteiger partial charge in [-0.1, -0.05) is 29.8 Å². The summed E-state index contributed by atoms with van der Waals surface area (Å²) in [5, 5.41) is 6.80. The van der Waals surface area contributed by atoms with Gasteiger partial charge in [-0.25, -0.2) is 9.78 Å². The van der Waals surface area contributed by atoms with Crippen molar-refractivity contribution in [2.75, 3.05) is 10.6 Å². The maximum Gasteiger partial charge on any atom is 0.323 e. The van der Waals surface area contributed by atoms with Crippen molar-refractivity contribution in [1.82, 2.24) is 9.55 Å². The van der Waals surface area contributed by atoms with E-state index in [4.69, 9.17) is 11.6 Å². The van der Waals surface area contributed by atoms with Gasteiger partial charge in [0.2, 0.25) is 0 Å². The van der Waals surface area contributed by atoms with Crippen molar-refractivity contribution in [3.63, 3.8) is 0 Å². The Labute approximate surface area is 184 Å². The van der Waals surface area contributed by atoms with Crippen molar-refractivity contribution in [3.8, 4) is 5.69 Å². The smallest absolute Gasteiger partial charge is 0.307 e. The Hall–Kier alpha value is -3.64. The molecule has 31 heavy (non-hydrogen) atoms. The molecule has 4 rings (SSSR count). The number of hydrogen-bond acceptors (Lipinski definition) is 3. The topological polar surface area (TPSA) is 76.0 Å². The molecule has 1 heterocycles. The molecule has 0 radical (unpaired) electrons. The third kappa shape index (κ3) is 4.02. The maximum absolute atomic E-state index is 13.0. The summed E-state index contributed by atoms with van der Waals surface area (Å²) in [5.41, 5.74) is 4.13. The number of para-hydroxylation sites is 1. The van der Waals surface area contributed by atoms with E-state index in [1.165, 1.54) is 0 Å². The molecule has 0 bridgehead atoms. The second-order valence-corrected chi connectivity index (χ2v) is 7.71. The monoisotopic (exact) mass is 432 g/mol. The molecular weight excluding hydrogens is 412 g/mol. The standard InChI is InChI=1S/C24H21ClN4O2/c1-14-13-17(29-16(3)26-22-9-5-4-7-18(22)23(29)30)11-12-20(14)27-24(31)28-21-10-6-8-19(25)15(21)2/h4-13H,1-3H3,(H2,27,28,31). The van der Waals surface area contributed by atoms with Crippen LogP contribution < -0.4 is 16.2 Å². The molecular formula is C24H21ClN4O2. The second-order valence-electron chi connectivity index (χ2n) is 7.31. The number of carbonyl (C=O) groups excluding carboxylic acids is 1. The SMILES string of the molecule is Cc1cc(-n2c(C)nc3ccccc3c2=O)ccc1NC(=O)Nc1cccc(Cl)c1C. The highest BCUT2D eigenvalue weighted by molar-refractivity contribution is 6.31. The minimum atomic E-state index is -0.373. The summed E-state index contributed by atoms with van der Waals surface area (Å²) in [4.78, 5) is 30.0. The fourth-order valence-electron chi connectivity index (χ4n) is 3.49. The van der Waals surface area contributed by atoms with Gasteiger partial charge in [0.05, 0.1) is 16.6 Å². The third-order valence-electron chi connectivity index (χ3n) is 5.18. The van der Waals surface area contributed by atoms with E-state index in [2.05, 4.69) is 15.6 Å². The van der Waals surface area contributed by atoms with Gasteiger partial charge in [-0.2, -0.15) is 0 Å². The zero-order valence-corrected chi connectivity index (χ0v) is 18.1. The number of nitrogens with one attached hydrogen (secondary N) is 2. The third-order valence-corrected chi connectivity index (χ3v) is 5.59. The van der Waals surface area contributed by atoms with Gasteiger partial charge in [-0.15, -0.1) is 0 Å². The number of urea groups is 1. The molecule has 1 aromatic heterocycles. The Morgan fingerprint density at radius 2 is 1.68 bits per heavy atom. The summed E-state index contributed by atoms with van der Waals surface area (Å²) in [6.45, 7) is 5.52. The van der Waals surface area contributed by atoms with Crippen molar-refractivity contribution in [3.05, 3.63) is 93.0 Å². The molecule has 0 unspecified atom stereocenters. The van der Waals surface area contributed by atoms with E-state index in [1.54, 1.807) is 47.9 Å². The van der Waals surface area contributed by atoms with Crippen LogP contribution in [0.2, 0.25) is 5.02 Å². The summed E-state index contributed by atoms with van der Waals surface area (Å²) in [6, 6.07) is 17.7. The first-order chi connectivity index (χ1) is 14.8. The van der Waals surface area contributed by atoms with Crippen molar-refractivity contribution >= 4 is 39.9 Å².